The normalized spacial score (nSPS) is 28.3. The molecule has 0 spiro atoms. The molecule has 0 radical (unpaired) electrons. The third kappa shape index (κ3) is 35.1. The van der Waals surface area contributed by atoms with Crippen molar-refractivity contribution in [1.29, 1.82) is 0 Å². The fourth-order valence-corrected chi connectivity index (χ4v) is 13.0. The lowest BCUT2D eigenvalue weighted by molar-refractivity contribution is -0.360. The molecule has 0 aromatic rings. The Morgan fingerprint density at radius 1 is 0.404 bits per heavy atom. The van der Waals surface area contributed by atoms with Crippen LogP contribution in [0.1, 0.15) is 278 Å². The van der Waals surface area contributed by atoms with Gasteiger partial charge in [-0.1, -0.05) is 226 Å². The first kappa shape index (κ1) is 85.9. The number of aliphatic hydroxyl groups is 10. The van der Waals surface area contributed by atoms with Gasteiger partial charge in [0.05, 0.1) is 13.2 Å². The summed E-state index contributed by atoms with van der Waals surface area (Å²) in [5.41, 5.74) is 0. The van der Waals surface area contributed by atoms with E-state index in [1.165, 1.54) is 122 Å². The third-order valence-electron chi connectivity index (χ3n) is 18.0. The van der Waals surface area contributed by atoms with Gasteiger partial charge in [-0.25, -0.2) is 4.57 Å². The Morgan fingerprint density at radius 3 is 1.16 bits per heavy atom. The fraction of sp³-hybridized carbons (Fsp3) is 0.928. The van der Waals surface area contributed by atoms with Gasteiger partial charge in [0.2, 0.25) is 0 Å². The van der Waals surface area contributed by atoms with E-state index in [1.807, 2.05) is 0 Å². The zero-order valence-electron chi connectivity index (χ0n) is 57.3. The Morgan fingerprint density at radius 2 is 0.745 bits per heavy atom. The van der Waals surface area contributed by atoms with Crippen molar-refractivity contribution in [3.63, 3.8) is 0 Å². The maximum Gasteiger partial charge on any atom is 0.472 e. The van der Waals surface area contributed by atoms with Crippen molar-refractivity contribution in [2.75, 3.05) is 26.4 Å². The average Bonchev–Trinajstić information content (AvgIpc) is 0.771. The number of carbonyl (C=O) groups is 3. The van der Waals surface area contributed by atoms with Crippen molar-refractivity contribution >= 4 is 25.7 Å². The van der Waals surface area contributed by atoms with E-state index in [1.54, 1.807) is 0 Å². The van der Waals surface area contributed by atoms with Gasteiger partial charge in [-0.15, -0.1) is 0 Å². The number of hydrogen-bond donors (Lipinski definition) is 11. The molecular weight excluding hydrogens is 1240 g/mol. The summed E-state index contributed by atoms with van der Waals surface area (Å²) in [6.45, 7) is 3.41. The van der Waals surface area contributed by atoms with Gasteiger partial charge in [0.15, 0.2) is 18.7 Å². The molecule has 3 rings (SSSR count). The molecule has 0 aromatic heterocycles. The Kier molecular flexibility index (Phi) is 47.3. The van der Waals surface area contributed by atoms with Crippen LogP contribution in [0.25, 0.3) is 0 Å². The molecule has 18 atom stereocenters. The highest BCUT2D eigenvalue weighted by atomic mass is 31.2. The van der Waals surface area contributed by atoms with Crippen LogP contribution < -0.4 is 0 Å². The second-order valence-corrected chi connectivity index (χ2v) is 27.7. The van der Waals surface area contributed by atoms with Gasteiger partial charge in [0, 0.05) is 19.3 Å². The SMILES string of the molecule is CCCCCCCC/C=C\CCCCCC(=O)OCC1OC(OC2C(O)C(O)C(O)C(OC3OC(CO)C(O)C(O)C3O)C2OP(=O)(O)OCC(COC(=O)CCCCCCCCCCCCCC)OC(=O)CCCCCCCCCCCCCCCC)C(O)C(O)C1O. The van der Waals surface area contributed by atoms with Crippen LogP contribution in [0.15, 0.2) is 12.2 Å². The number of allylic oxidation sites excluding steroid dienone is 2. The molecule has 2 heterocycles. The zero-order valence-corrected chi connectivity index (χ0v) is 58.2. The summed E-state index contributed by atoms with van der Waals surface area (Å²) in [4.78, 5) is 50.9. The lowest BCUT2D eigenvalue weighted by atomic mass is 9.84. The van der Waals surface area contributed by atoms with Gasteiger partial charge >= 0.3 is 25.7 Å². The number of phosphoric acid groups is 1. The molecule has 94 heavy (non-hydrogen) atoms. The summed E-state index contributed by atoms with van der Waals surface area (Å²) in [7, 11) is -5.69. The van der Waals surface area contributed by atoms with E-state index in [-0.39, 0.29) is 19.3 Å². The smallest absolute Gasteiger partial charge is 0.463 e. The first-order valence-corrected chi connectivity index (χ1v) is 38.0. The van der Waals surface area contributed by atoms with Crippen LogP contribution in [0, 0.1) is 0 Å². The lowest BCUT2D eigenvalue weighted by Crippen LogP contribution is -2.69. The average molecular weight is 1370 g/mol. The fourth-order valence-electron chi connectivity index (χ4n) is 12.0. The predicted molar refractivity (Wildman–Crippen MR) is 352 cm³/mol. The van der Waals surface area contributed by atoms with E-state index in [0.717, 1.165) is 96.3 Å². The van der Waals surface area contributed by atoms with Crippen molar-refractivity contribution in [1.82, 2.24) is 0 Å². The highest BCUT2D eigenvalue weighted by Crippen LogP contribution is 2.49. The molecule has 0 bridgehead atoms. The van der Waals surface area contributed by atoms with E-state index in [2.05, 4.69) is 32.9 Å². The summed E-state index contributed by atoms with van der Waals surface area (Å²) in [5.74, 6) is -2.00. The largest absolute Gasteiger partial charge is 0.472 e. The Hall–Kier alpha value is -2.30. The van der Waals surface area contributed by atoms with Gasteiger partial charge in [0.25, 0.3) is 0 Å². The molecular formula is C69H127O24P. The maximum atomic E-state index is 14.3. The van der Waals surface area contributed by atoms with E-state index in [0.29, 0.717) is 19.3 Å². The summed E-state index contributed by atoms with van der Waals surface area (Å²) < 4.78 is 64.9. The second-order valence-electron chi connectivity index (χ2n) is 26.3. The molecule has 1 saturated carbocycles. The van der Waals surface area contributed by atoms with Gasteiger partial charge < -0.3 is 89.1 Å². The van der Waals surface area contributed by atoms with E-state index in [9.17, 15) is 74.9 Å². The van der Waals surface area contributed by atoms with Crippen molar-refractivity contribution < 1.29 is 117 Å². The molecule has 2 saturated heterocycles. The minimum atomic E-state index is -5.69. The number of phosphoric ester groups is 1. The lowest BCUT2D eigenvalue weighted by Gasteiger charge is -2.49. The van der Waals surface area contributed by atoms with Gasteiger partial charge in [-0.3, -0.25) is 23.4 Å². The maximum absolute atomic E-state index is 14.3. The van der Waals surface area contributed by atoms with Crippen LogP contribution in [0.2, 0.25) is 0 Å². The van der Waals surface area contributed by atoms with Crippen molar-refractivity contribution in [3.8, 4) is 0 Å². The number of unbranched alkanes of at least 4 members (excludes halogenated alkanes) is 33. The molecule has 552 valence electrons. The predicted octanol–water partition coefficient (Wildman–Crippen LogP) is 9.18. The monoisotopic (exact) mass is 1370 g/mol. The number of aliphatic hydroxyl groups excluding tert-OH is 10. The van der Waals surface area contributed by atoms with Crippen LogP contribution in [-0.2, 0) is 61.2 Å². The molecule has 1 aliphatic carbocycles. The van der Waals surface area contributed by atoms with Crippen molar-refractivity contribution in [3.05, 3.63) is 12.2 Å². The molecule has 18 unspecified atom stereocenters. The van der Waals surface area contributed by atoms with Crippen molar-refractivity contribution in [2.45, 2.75) is 382 Å². The molecule has 2 aliphatic heterocycles. The quantitative estimate of drug-likeness (QED) is 0.00888. The highest BCUT2D eigenvalue weighted by molar-refractivity contribution is 7.47. The standard InChI is InChI=1S/C69H127O24P/c1-4-7-10-13-16-19-22-25-27-30-33-36-39-42-45-55(73)88-50(47-85-53(71)43-40-37-34-31-28-24-21-18-15-12-9-6-3)48-87-94(83,84)93-67-65(91-68-63(81)58(76)56(74)51(46-70)89-68)61(79)60(78)62(80)66(67)92-69-64(82)59(77)57(75)52(90-69)49-86-54(72)44-41-38-35-32-29-26-23-20-17-14-11-8-5-2/h26,29,50-52,56-70,74-82H,4-25,27-28,30-49H2,1-3H3,(H,83,84)/b29-26-. The number of hydrogen-bond acceptors (Lipinski definition) is 23. The Balaban J connectivity index is 1.75. The topological polar surface area (TPSA) is 374 Å². The molecule has 0 aromatic carbocycles. The molecule has 3 aliphatic rings. The van der Waals surface area contributed by atoms with Gasteiger partial charge in [-0.05, 0) is 44.9 Å². The van der Waals surface area contributed by atoms with E-state index < -0.39 is 156 Å². The van der Waals surface area contributed by atoms with E-state index in [4.69, 9.17) is 42.2 Å². The summed E-state index contributed by atoms with van der Waals surface area (Å²) >= 11 is 0. The Labute approximate surface area is 561 Å². The number of ether oxygens (including phenoxy) is 7. The van der Waals surface area contributed by atoms with Crippen LogP contribution in [0.4, 0.5) is 0 Å². The first-order valence-electron chi connectivity index (χ1n) is 36.5. The molecule has 24 nitrogen and oxygen atoms in total. The van der Waals surface area contributed by atoms with Crippen LogP contribution in [-0.4, -0.2) is 204 Å². The first-order chi connectivity index (χ1) is 45.3. The minimum absolute atomic E-state index is 0.00932. The van der Waals surface area contributed by atoms with E-state index >= 15 is 0 Å². The van der Waals surface area contributed by atoms with Crippen molar-refractivity contribution in [2.24, 2.45) is 0 Å². The van der Waals surface area contributed by atoms with Gasteiger partial charge in [0.1, 0.15) is 98.7 Å². The number of carbonyl (C=O) groups excluding carboxylic acids is 3. The molecule has 25 heteroatoms. The minimum Gasteiger partial charge on any atom is -0.463 e. The number of rotatable bonds is 56. The zero-order chi connectivity index (χ0) is 68.9. The number of esters is 3. The third-order valence-corrected chi connectivity index (χ3v) is 19.0. The molecule has 11 N–H and O–H groups in total. The van der Waals surface area contributed by atoms with Crippen LogP contribution >= 0.6 is 7.82 Å². The van der Waals surface area contributed by atoms with Crippen LogP contribution in [0.5, 0.6) is 0 Å². The molecule has 0 amide bonds. The summed E-state index contributed by atoms with van der Waals surface area (Å²) in [6.07, 6.45) is 8.70. The van der Waals surface area contributed by atoms with Crippen LogP contribution in [0.3, 0.4) is 0 Å². The van der Waals surface area contributed by atoms with Gasteiger partial charge in [-0.2, -0.15) is 0 Å². The molecule has 3 fully saturated rings. The summed E-state index contributed by atoms with van der Waals surface area (Å²) in [5, 5.41) is 110. The Bertz CT molecular complexity index is 2010. The highest BCUT2D eigenvalue weighted by Gasteiger charge is 2.58. The second kappa shape index (κ2) is 51.8. The summed E-state index contributed by atoms with van der Waals surface area (Å²) in [6, 6.07) is 0.